The van der Waals surface area contributed by atoms with Crippen molar-refractivity contribution in [2.24, 2.45) is 5.73 Å². The number of benzene rings is 1. The minimum Gasteiger partial charge on any atom is -0.407 e. The first-order chi connectivity index (χ1) is 12.2. The molecule has 2 aromatic rings. The molecule has 1 aromatic carbocycles. The van der Waals surface area contributed by atoms with Gasteiger partial charge in [0.2, 0.25) is 5.92 Å². The van der Waals surface area contributed by atoms with Gasteiger partial charge >= 0.3 is 6.09 Å². The van der Waals surface area contributed by atoms with Crippen molar-refractivity contribution in [1.29, 1.82) is 0 Å². The van der Waals surface area contributed by atoms with Crippen LogP contribution in [0, 0.1) is 5.82 Å². The number of amides is 1. The van der Waals surface area contributed by atoms with E-state index in [4.69, 9.17) is 11.5 Å². The third-order valence-corrected chi connectivity index (χ3v) is 4.37. The molecule has 0 unspecified atom stereocenters. The zero-order valence-corrected chi connectivity index (χ0v) is 13.7. The summed E-state index contributed by atoms with van der Waals surface area (Å²) in [6, 6.07) is 3.78. The summed E-state index contributed by atoms with van der Waals surface area (Å²) >= 11 is 0. The largest absolute Gasteiger partial charge is 0.410 e. The number of nitrogens with two attached hydrogens (primary N) is 2. The smallest absolute Gasteiger partial charge is 0.407 e. The Morgan fingerprint density at radius 3 is 2.58 bits per heavy atom. The number of primary amides is 1. The molecule has 1 amide bonds. The highest BCUT2D eigenvalue weighted by atomic mass is 19.3. The first kappa shape index (κ1) is 18.0. The second kappa shape index (κ2) is 6.81. The van der Waals surface area contributed by atoms with Gasteiger partial charge in [0.05, 0.1) is 11.9 Å². The van der Waals surface area contributed by atoms with E-state index >= 15 is 0 Å². The number of ether oxygens (including phenoxy) is 1. The molecule has 1 fully saturated rings. The Labute approximate surface area is 147 Å². The molecule has 3 rings (SSSR count). The average molecular weight is 366 g/mol. The summed E-state index contributed by atoms with van der Waals surface area (Å²) in [7, 11) is 0. The number of rotatable bonds is 3. The minimum atomic E-state index is -2.64. The average Bonchev–Trinajstić information content (AvgIpc) is 2.57. The quantitative estimate of drug-likeness (QED) is 0.863. The number of hydrogen-bond donors (Lipinski definition) is 2. The minimum absolute atomic E-state index is 0.0814. The van der Waals surface area contributed by atoms with Gasteiger partial charge in [-0.25, -0.2) is 27.9 Å². The molecule has 1 saturated carbocycles. The lowest BCUT2D eigenvalue weighted by Gasteiger charge is -2.27. The van der Waals surface area contributed by atoms with E-state index in [1.165, 1.54) is 18.3 Å². The van der Waals surface area contributed by atoms with E-state index in [-0.39, 0.29) is 36.0 Å². The predicted octanol–water partition coefficient (Wildman–Crippen LogP) is 3.62. The molecule has 4 N–H and O–H groups in total. The number of nitrogens with zero attached hydrogens (tertiary/aromatic N) is 2. The van der Waals surface area contributed by atoms with E-state index in [2.05, 4.69) is 14.7 Å². The molecule has 138 valence electrons. The van der Waals surface area contributed by atoms with E-state index in [1.54, 1.807) is 0 Å². The number of anilines is 1. The second-order valence-corrected chi connectivity index (χ2v) is 6.23. The van der Waals surface area contributed by atoms with Crippen molar-refractivity contribution >= 4 is 11.9 Å². The van der Waals surface area contributed by atoms with Gasteiger partial charge in [-0.2, -0.15) is 0 Å². The topological polar surface area (TPSA) is 104 Å². The molecule has 0 atom stereocenters. The number of nitrogen functional groups attached to an aromatic ring is 1. The summed E-state index contributed by atoms with van der Waals surface area (Å²) in [6.45, 7) is 0. The summed E-state index contributed by atoms with van der Waals surface area (Å²) < 4.78 is 45.3. The normalized spacial score (nSPS) is 17.0. The summed E-state index contributed by atoms with van der Waals surface area (Å²) in [5.74, 6) is -3.84. The Hall–Kier alpha value is -2.84. The maximum absolute atomic E-state index is 14.1. The standard InChI is InChI=1S/C17H17F3N4O2/c18-11-7-10(1-2-13(11)26-16(22)25)14-15(21)23-8-12(24-14)9-3-5-17(19,20)6-4-9/h1-2,7-9H,3-6H2,(H2,21,23)(H2,22,25). The number of carbonyl (C=O) groups is 1. The summed E-state index contributed by atoms with van der Waals surface area (Å²) in [5, 5.41) is 0. The molecular weight excluding hydrogens is 349 g/mol. The number of carbonyl (C=O) groups excluding carboxylic acids is 1. The van der Waals surface area contributed by atoms with Crippen LogP contribution in [0.5, 0.6) is 5.75 Å². The first-order valence-corrected chi connectivity index (χ1v) is 8.02. The van der Waals surface area contributed by atoms with Gasteiger partial charge in [-0.05, 0) is 31.0 Å². The lowest BCUT2D eigenvalue weighted by molar-refractivity contribution is -0.0385. The van der Waals surface area contributed by atoms with E-state index in [0.717, 1.165) is 6.07 Å². The molecule has 0 radical (unpaired) electrons. The third kappa shape index (κ3) is 3.87. The Bertz CT molecular complexity index is 835. The molecule has 9 heteroatoms. The molecule has 1 aliphatic carbocycles. The third-order valence-electron chi connectivity index (χ3n) is 4.37. The van der Waals surface area contributed by atoms with Crippen LogP contribution in [0.15, 0.2) is 24.4 Å². The van der Waals surface area contributed by atoms with Gasteiger partial charge in [0, 0.05) is 24.3 Å². The van der Waals surface area contributed by atoms with Crippen molar-refractivity contribution in [2.75, 3.05) is 5.73 Å². The van der Waals surface area contributed by atoms with Crippen LogP contribution in [0.1, 0.15) is 37.3 Å². The lowest BCUT2D eigenvalue weighted by atomic mass is 9.85. The van der Waals surface area contributed by atoms with Crippen LogP contribution in [0.2, 0.25) is 0 Å². The van der Waals surface area contributed by atoms with E-state index < -0.39 is 17.8 Å². The highest BCUT2D eigenvalue weighted by Crippen LogP contribution is 2.40. The van der Waals surface area contributed by atoms with Crippen molar-refractivity contribution < 1.29 is 22.7 Å². The molecule has 0 bridgehead atoms. The van der Waals surface area contributed by atoms with Crippen LogP contribution in [-0.2, 0) is 0 Å². The zero-order valence-electron chi connectivity index (χ0n) is 13.7. The van der Waals surface area contributed by atoms with Gasteiger partial charge in [0.1, 0.15) is 11.5 Å². The Morgan fingerprint density at radius 1 is 1.27 bits per heavy atom. The van der Waals surface area contributed by atoms with Gasteiger partial charge in [-0.1, -0.05) is 0 Å². The van der Waals surface area contributed by atoms with Crippen LogP contribution in [0.4, 0.5) is 23.8 Å². The van der Waals surface area contributed by atoms with Crippen molar-refractivity contribution in [1.82, 2.24) is 9.97 Å². The monoisotopic (exact) mass is 366 g/mol. The Morgan fingerprint density at radius 2 is 1.96 bits per heavy atom. The number of alkyl halides is 2. The zero-order chi connectivity index (χ0) is 18.9. The van der Waals surface area contributed by atoms with Gasteiger partial charge in [-0.3, -0.25) is 0 Å². The van der Waals surface area contributed by atoms with E-state index in [1.807, 2.05) is 0 Å². The fourth-order valence-corrected chi connectivity index (χ4v) is 3.00. The number of hydrogen-bond acceptors (Lipinski definition) is 5. The molecule has 0 aliphatic heterocycles. The number of aromatic nitrogens is 2. The van der Waals surface area contributed by atoms with Gasteiger partial charge in [0.15, 0.2) is 11.6 Å². The molecule has 26 heavy (non-hydrogen) atoms. The molecule has 1 heterocycles. The van der Waals surface area contributed by atoms with Crippen molar-refractivity contribution in [2.45, 2.75) is 37.5 Å². The molecule has 6 nitrogen and oxygen atoms in total. The SMILES string of the molecule is NC(=O)Oc1ccc(-c2nc(C3CCC(F)(F)CC3)cnc2N)cc1F. The molecular formula is C17H17F3N4O2. The predicted molar refractivity (Wildman–Crippen MR) is 88.2 cm³/mol. The maximum Gasteiger partial charge on any atom is 0.410 e. The van der Waals surface area contributed by atoms with Crippen LogP contribution in [0.3, 0.4) is 0 Å². The highest BCUT2D eigenvalue weighted by Gasteiger charge is 2.36. The molecule has 0 spiro atoms. The number of halogens is 3. The second-order valence-electron chi connectivity index (χ2n) is 6.23. The summed E-state index contributed by atoms with van der Waals surface area (Å²) in [4.78, 5) is 19.2. The first-order valence-electron chi connectivity index (χ1n) is 8.02. The van der Waals surface area contributed by atoms with Crippen LogP contribution < -0.4 is 16.2 Å². The van der Waals surface area contributed by atoms with Crippen molar-refractivity contribution in [3.05, 3.63) is 35.9 Å². The van der Waals surface area contributed by atoms with Gasteiger partial charge in [-0.15, -0.1) is 0 Å². The fourth-order valence-electron chi connectivity index (χ4n) is 3.00. The lowest BCUT2D eigenvalue weighted by Crippen LogP contribution is -2.24. The van der Waals surface area contributed by atoms with Crippen LogP contribution >= 0.6 is 0 Å². The molecule has 1 aliphatic rings. The van der Waals surface area contributed by atoms with Crippen LogP contribution in [-0.4, -0.2) is 22.0 Å². The molecule has 1 aromatic heterocycles. The summed E-state index contributed by atoms with van der Waals surface area (Å²) in [6.07, 6.45) is 0.524. The van der Waals surface area contributed by atoms with Gasteiger partial charge in [0.25, 0.3) is 0 Å². The van der Waals surface area contributed by atoms with E-state index in [0.29, 0.717) is 24.1 Å². The Balaban J connectivity index is 1.89. The maximum atomic E-state index is 14.1. The summed E-state index contributed by atoms with van der Waals surface area (Å²) in [5.41, 5.74) is 11.8. The fraction of sp³-hybridized carbons (Fsp3) is 0.353. The van der Waals surface area contributed by atoms with Gasteiger partial charge < -0.3 is 16.2 Å². The van der Waals surface area contributed by atoms with Crippen molar-refractivity contribution in [3.63, 3.8) is 0 Å². The van der Waals surface area contributed by atoms with Crippen molar-refractivity contribution in [3.8, 4) is 17.0 Å². The van der Waals surface area contributed by atoms with E-state index in [9.17, 15) is 18.0 Å². The highest BCUT2D eigenvalue weighted by molar-refractivity contribution is 5.72. The Kier molecular flexibility index (Phi) is 4.71. The van der Waals surface area contributed by atoms with Crippen LogP contribution in [0.25, 0.3) is 11.3 Å². The molecule has 0 saturated heterocycles.